The Hall–Kier alpha value is -1.39. The van der Waals surface area contributed by atoms with Crippen LogP contribution in [-0.2, 0) is 0 Å². The summed E-state index contributed by atoms with van der Waals surface area (Å²) in [4.78, 5) is 2.44. The lowest BCUT2D eigenvalue weighted by Gasteiger charge is -2.27. The van der Waals surface area contributed by atoms with E-state index in [1.165, 1.54) is 15.0 Å². The van der Waals surface area contributed by atoms with E-state index in [0.29, 0.717) is 0 Å². The van der Waals surface area contributed by atoms with Crippen LogP contribution in [0.25, 0.3) is 0 Å². The first-order valence-corrected chi connectivity index (χ1v) is 11.0. The molecular weight excluding hydrogens is 284 g/mol. The number of hydrogen-bond acceptors (Lipinski definition) is 3. The zero-order chi connectivity index (χ0) is 14.3. The van der Waals surface area contributed by atoms with Crippen molar-refractivity contribution in [2.24, 2.45) is 0 Å². The molecule has 2 aromatic carbocycles. The maximum atomic E-state index is 6.08. The van der Waals surface area contributed by atoms with Gasteiger partial charge in [0.1, 0.15) is 17.2 Å². The third-order valence-electron chi connectivity index (χ3n) is 3.35. The number of methoxy groups -OCH3 is 1. The summed E-state index contributed by atoms with van der Waals surface area (Å²) < 4.78 is 11.5. The molecule has 0 radical (unpaired) electrons. The molecule has 2 nitrogen and oxygen atoms in total. The molecule has 0 saturated heterocycles. The van der Waals surface area contributed by atoms with Crippen LogP contribution in [0.1, 0.15) is 0 Å². The number of hydrogen-bond donors (Lipinski definition) is 0. The molecule has 1 aliphatic rings. The maximum Gasteiger partial charge on any atom is 0.144 e. The Morgan fingerprint density at radius 1 is 1.05 bits per heavy atom. The minimum absolute atomic E-state index is 0.876. The van der Waals surface area contributed by atoms with Crippen molar-refractivity contribution in [1.29, 1.82) is 0 Å². The van der Waals surface area contributed by atoms with Gasteiger partial charge in [0.05, 0.1) is 25.0 Å². The first-order valence-electron chi connectivity index (χ1n) is 6.66. The van der Waals surface area contributed by atoms with E-state index in [4.69, 9.17) is 9.47 Å². The van der Waals surface area contributed by atoms with Crippen LogP contribution in [0.5, 0.6) is 17.2 Å². The molecule has 0 aromatic heterocycles. The van der Waals surface area contributed by atoms with Crippen LogP contribution in [0.2, 0.25) is 19.6 Å². The smallest absolute Gasteiger partial charge is 0.144 e. The normalized spacial score (nSPS) is 13.2. The molecule has 4 heteroatoms. The van der Waals surface area contributed by atoms with Crippen LogP contribution in [0.4, 0.5) is 0 Å². The Kier molecular flexibility index (Phi) is 3.30. The Bertz CT molecular complexity index is 662. The maximum absolute atomic E-state index is 6.08. The number of para-hydroxylation sites is 1. The van der Waals surface area contributed by atoms with E-state index in [0.717, 1.165) is 17.2 Å². The quantitative estimate of drug-likeness (QED) is 0.650. The first-order chi connectivity index (χ1) is 9.49. The number of ether oxygens (including phenoxy) is 2. The summed E-state index contributed by atoms with van der Waals surface area (Å²) in [6, 6.07) is 12.3. The molecule has 3 rings (SSSR count). The van der Waals surface area contributed by atoms with Crippen molar-refractivity contribution in [3.05, 3.63) is 36.4 Å². The largest absolute Gasteiger partial charge is 0.497 e. The van der Waals surface area contributed by atoms with Crippen molar-refractivity contribution in [3.63, 3.8) is 0 Å². The third-order valence-corrected chi connectivity index (χ3v) is 6.73. The molecule has 0 unspecified atom stereocenters. The molecule has 0 fully saturated rings. The average Bonchev–Trinajstić information content (AvgIpc) is 2.42. The predicted molar refractivity (Wildman–Crippen MR) is 86.6 cm³/mol. The molecular formula is C16H18O2SSi. The highest BCUT2D eigenvalue weighted by atomic mass is 32.2. The second-order valence-corrected chi connectivity index (χ2v) is 12.0. The van der Waals surface area contributed by atoms with Crippen molar-refractivity contribution in [2.45, 2.75) is 29.4 Å². The lowest BCUT2D eigenvalue weighted by molar-refractivity contribution is 0.405. The van der Waals surface area contributed by atoms with Gasteiger partial charge in [-0.3, -0.25) is 0 Å². The standard InChI is InChI=1S/C16H18O2SSi/c1-17-11-9-13-16(15(10-11)20(2,3)4)19-14-8-6-5-7-12(14)18-13/h5-10H,1-4H3. The summed E-state index contributed by atoms with van der Waals surface area (Å²) in [6.07, 6.45) is 0. The second kappa shape index (κ2) is 4.86. The first kappa shape index (κ1) is 13.6. The molecule has 20 heavy (non-hydrogen) atoms. The zero-order valence-electron chi connectivity index (χ0n) is 12.2. The highest BCUT2D eigenvalue weighted by molar-refractivity contribution is 7.99. The van der Waals surface area contributed by atoms with Gasteiger partial charge in [-0.2, -0.15) is 0 Å². The Morgan fingerprint density at radius 3 is 2.50 bits per heavy atom. The molecule has 2 aromatic rings. The van der Waals surface area contributed by atoms with Crippen LogP contribution in [-0.4, -0.2) is 15.2 Å². The Morgan fingerprint density at radius 2 is 1.80 bits per heavy atom. The zero-order valence-corrected chi connectivity index (χ0v) is 14.0. The van der Waals surface area contributed by atoms with Crippen molar-refractivity contribution in [2.75, 3.05) is 7.11 Å². The Balaban J connectivity index is 2.17. The van der Waals surface area contributed by atoms with Gasteiger partial charge in [0.15, 0.2) is 0 Å². The van der Waals surface area contributed by atoms with Crippen LogP contribution < -0.4 is 14.7 Å². The molecule has 0 bridgehead atoms. The van der Waals surface area contributed by atoms with E-state index in [9.17, 15) is 0 Å². The van der Waals surface area contributed by atoms with E-state index in [1.54, 1.807) is 7.11 Å². The third kappa shape index (κ3) is 2.34. The van der Waals surface area contributed by atoms with Crippen LogP contribution >= 0.6 is 11.8 Å². The van der Waals surface area contributed by atoms with Crippen LogP contribution in [0.15, 0.2) is 46.2 Å². The van der Waals surface area contributed by atoms with E-state index >= 15 is 0 Å². The molecule has 0 N–H and O–H groups in total. The van der Waals surface area contributed by atoms with Crippen molar-refractivity contribution in [3.8, 4) is 17.2 Å². The molecule has 1 aliphatic heterocycles. The number of rotatable bonds is 2. The minimum atomic E-state index is -1.46. The summed E-state index contributed by atoms with van der Waals surface area (Å²) in [5, 5.41) is 1.39. The van der Waals surface area contributed by atoms with Gasteiger partial charge in [0.25, 0.3) is 0 Å². The Labute approximate surface area is 125 Å². The van der Waals surface area contributed by atoms with Gasteiger partial charge in [-0.15, -0.1) is 0 Å². The average molecular weight is 302 g/mol. The molecule has 0 saturated carbocycles. The van der Waals surface area contributed by atoms with Gasteiger partial charge in [-0.1, -0.05) is 43.5 Å². The molecule has 0 spiro atoms. The monoisotopic (exact) mass is 302 g/mol. The molecule has 104 valence electrons. The lowest BCUT2D eigenvalue weighted by atomic mass is 10.3. The summed E-state index contributed by atoms with van der Waals surface area (Å²) in [5.41, 5.74) is 0. The molecule has 0 aliphatic carbocycles. The van der Waals surface area contributed by atoms with Crippen molar-refractivity contribution >= 4 is 25.0 Å². The van der Waals surface area contributed by atoms with Gasteiger partial charge < -0.3 is 9.47 Å². The SMILES string of the molecule is COc1cc2c(c([Si](C)(C)C)c1)Sc1ccccc1O2. The van der Waals surface area contributed by atoms with E-state index in [1.807, 2.05) is 30.0 Å². The fourth-order valence-corrected chi connectivity index (χ4v) is 5.68. The van der Waals surface area contributed by atoms with Gasteiger partial charge >= 0.3 is 0 Å². The van der Waals surface area contributed by atoms with Crippen molar-refractivity contribution < 1.29 is 9.47 Å². The van der Waals surface area contributed by atoms with E-state index < -0.39 is 8.07 Å². The fourth-order valence-electron chi connectivity index (χ4n) is 2.28. The predicted octanol–water partition coefficient (Wildman–Crippen LogP) is 4.50. The second-order valence-electron chi connectivity index (χ2n) is 5.90. The highest BCUT2D eigenvalue weighted by Gasteiger charge is 2.28. The van der Waals surface area contributed by atoms with Gasteiger partial charge in [-0.25, -0.2) is 0 Å². The van der Waals surface area contributed by atoms with Crippen LogP contribution in [0.3, 0.4) is 0 Å². The fraction of sp³-hybridized carbons (Fsp3) is 0.250. The summed E-state index contributed by atoms with van der Waals surface area (Å²) in [5.74, 6) is 2.73. The van der Waals surface area contributed by atoms with Crippen molar-refractivity contribution in [1.82, 2.24) is 0 Å². The van der Waals surface area contributed by atoms with Gasteiger partial charge in [0.2, 0.25) is 0 Å². The summed E-state index contributed by atoms with van der Waals surface area (Å²) >= 11 is 1.81. The van der Waals surface area contributed by atoms with Gasteiger partial charge in [0, 0.05) is 6.07 Å². The lowest BCUT2D eigenvalue weighted by Crippen LogP contribution is -2.39. The molecule has 0 amide bonds. The van der Waals surface area contributed by atoms with Gasteiger partial charge in [-0.05, 0) is 23.4 Å². The van der Waals surface area contributed by atoms with Crippen LogP contribution in [0, 0.1) is 0 Å². The summed E-state index contributed by atoms with van der Waals surface area (Å²) in [7, 11) is 0.246. The van der Waals surface area contributed by atoms with E-state index in [2.05, 4.69) is 37.8 Å². The van der Waals surface area contributed by atoms with E-state index in [-0.39, 0.29) is 0 Å². The number of fused-ring (bicyclic) bond motifs is 2. The topological polar surface area (TPSA) is 18.5 Å². The molecule has 0 atom stereocenters. The molecule has 1 heterocycles. The minimum Gasteiger partial charge on any atom is -0.497 e. The summed E-state index contributed by atoms with van der Waals surface area (Å²) in [6.45, 7) is 7.05. The number of benzene rings is 2. The highest BCUT2D eigenvalue weighted by Crippen LogP contribution is 2.47.